The van der Waals surface area contributed by atoms with E-state index in [0.717, 1.165) is 51.9 Å². The Morgan fingerprint density at radius 2 is 1.10 bits per heavy atom. The summed E-state index contributed by atoms with van der Waals surface area (Å²) >= 11 is 0. The minimum Gasteiger partial charge on any atom is -0.370 e. The molecule has 1 aliphatic carbocycles. The lowest BCUT2D eigenvalue weighted by Crippen LogP contribution is -2.49. The molecule has 172 valence electrons. The first-order valence-corrected chi connectivity index (χ1v) is 14.6. The van der Waals surface area contributed by atoms with E-state index in [4.69, 9.17) is 13.3 Å². The molecule has 0 aliphatic heterocycles. The highest BCUT2D eigenvalue weighted by molar-refractivity contribution is 6.68. The van der Waals surface area contributed by atoms with E-state index in [0.29, 0.717) is 0 Å². The quantitative estimate of drug-likeness (QED) is 0.154. The Hall–Kier alpha value is -0.163. The maximum atomic E-state index is 6.61. The van der Waals surface area contributed by atoms with Crippen LogP contribution in [0.15, 0.2) is 11.3 Å². The van der Waals surface area contributed by atoms with Crippen molar-refractivity contribution in [2.75, 3.05) is 19.8 Å². The number of hydrogen-bond acceptors (Lipinski definition) is 3. The fourth-order valence-corrected chi connectivity index (χ4v) is 6.82. The zero-order chi connectivity index (χ0) is 21.0. The van der Waals surface area contributed by atoms with Crippen LogP contribution in [0.5, 0.6) is 0 Å². The Balaban J connectivity index is 2.77. The summed E-state index contributed by atoms with van der Waals surface area (Å²) in [5.41, 5.74) is 0. The van der Waals surface area contributed by atoms with Gasteiger partial charge in [0, 0.05) is 19.8 Å². The normalized spacial score (nSPS) is 15.3. The molecule has 0 heterocycles. The summed E-state index contributed by atoms with van der Waals surface area (Å²) in [5.74, 6) is 0. The lowest BCUT2D eigenvalue weighted by molar-refractivity contribution is 0.0631. The molecule has 0 saturated heterocycles. The van der Waals surface area contributed by atoms with Gasteiger partial charge in [-0.25, -0.2) is 0 Å². The molecule has 0 radical (unpaired) electrons. The third-order valence-electron chi connectivity index (χ3n) is 5.80. The number of rotatable bonds is 19. The van der Waals surface area contributed by atoms with E-state index in [1.807, 2.05) is 0 Å². The zero-order valence-corrected chi connectivity index (χ0v) is 20.9. The minimum atomic E-state index is -2.75. The van der Waals surface area contributed by atoms with E-state index >= 15 is 0 Å². The third kappa shape index (κ3) is 12.3. The molecule has 4 heteroatoms. The minimum absolute atomic E-state index is 0.785. The molecular formula is C25H50O3Si. The highest BCUT2D eigenvalue weighted by Crippen LogP contribution is 2.30. The second-order valence-corrected chi connectivity index (χ2v) is 11.2. The number of unbranched alkanes of at least 4 members (excludes halogenated alkanes) is 9. The first-order valence-electron chi connectivity index (χ1n) is 12.9. The van der Waals surface area contributed by atoms with Gasteiger partial charge in [0.15, 0.2) is 0 Å². The zero-order valence-electron chi connectivity index (χ0n) is 19.9. The summed E-state index contributed by atoms with van der Waals surface area (Å²) in [6, 6.07) is 0. The molecule has 0 aromatic carbocycles. The van der Waals surface area contributed by atoms with Crippen LogP contribution >= 0.6 is 0 Å². The molecule has 1 rings (SSSR count). The topological polar surface area (TPSA) is 27.7 Å². The molecule has 0 saturated carbocycles. The van der Waals surface area contributed by atoms with Crippen LogP contribution in [0.3, 0.4) is 0 Å². The van der Waals surface area contributed by atoms with Gasteiger partial charge in [-0.3, -0.25) is 0 Å². The van der Waals surface area contributed by atoms with E-state index in [1.54, 1.807) is 0 Å². The molecule has 29 heavy (non-hydrogen) atoms. The van der Waals surface area contributed by atoms with Gasteiger partial charge < -0.3 is 13.3 Å². The van der Waals surface area contributed by atoms with Crippen molar-refractivity contribution in [3.63, 3.8) is 0 Å². The van der Waals surface area contributed by atoms with E-state index in [-0.39, 0.29) is 0 Å². The third-order valence-corrected chi connectivity index (χ3v) is 8.80. The van der Waals surface area contributed by atoms with Gasteiger partial charge in [0.05, 0.1) is 0 Å². The Bertz CT molecular complexity index is 361. The highest BCUT2D eigenvalue weighted by Gasteiger charge is 2.45. The van der Waals surface area contributed by atoms with Gasteiger partial charge in [-0.05, 0) is 50.1 Å². The first-order chi connectivity index (χ1) is 14.3. The molecule has 0 atom stereocenters. The van der Waals surface area contributed by atoms with Gasteiger partial charge in [0.1, 0.15) is 0 Å². The van der Waals surface area contributed by atoms with Crippen LogP contribution in [0.1, 0.15) is 130 Å². The standard InChI is InChI=1S/C25H50O3Si/c1-4-7-10-17-22-26-29(27-23-18-11-8-5-2,28-24-19-12-9-6-3)25-20-15-13-14-16-21-25/h20H,4-19,21-24H2,1-3H3. The Labute approximate surface area is 183 Å². The van der Waals surface area contributed by atoms with Crippen molar-refractivity contribution in [1.82, 2.24) is 0 Å². The Morgan fingerprint density at radius 3 is 1.55 bits per heavy atom. The van der Waals surface area contributed by atoms with Gasteiger partial charge in [-0.1, -0.05) is 91.1 Å². The van der Waals surface area contributed by atoms with Crippen LogP contribution in [0.25, 0.3) is 0 Å². The fourth-order valence-electron chi connectivity index (χ4n) is 3.90. The van der Waals surface area contributed by atoms with Crippen molar-refractivity contribution in [1.29, 1.82) is 0 Å². The highest BCUT2D eigenvalue weighted by atomic mass is 28.4. The monoisotopic (exact) mass is 426 g/mol. The lowest BCUT2D eigenvalue weighted by atomic mass is 10.2. The van der Waals surface area contributed by atoms with Crippen molar-refractivity contribution < 1.29 is 13.3 Å². The summed E-state index contributed by atoms with van der Waals surface area (Å²) in [5, 5.41) is 1.39. The number of hydrogen-bond donors (Lipinski definition) is 0. The molecule has 3 nitrogen and oxygen atoms in total. The van der Waals surface area contributed by atoms with E-state index in [9.17, 15) is 0 Å². The Kier molecular flexibility index (Phi) is 17.2. The second-order valence-electron chi connectivity index (χ2n) is 8.61. The number of allylic oxidation sites excluding steroid dienone is 2. The lowest BCUT2D eigenvalue weighted by Gasteiger charge is -2.32. The van der Waals surface area contributed by atoms with E-state index in [2.05, 4.69) is 26.8 Å². The summed E-state index contributed by atoms with van der Waals surface area (Å²) < 4.78 is 19.8. The molecular weight excluding hydrogens is 376 g/mol. The van der Waals surface area contributed by atoms with Crippen LogP contribution < -0.4 is 0 Å². The second kappa shape index (κ2) is 18.6. The van der Waals surface area contributed by atoms with Crippen LogP contribution in [-0.2, 0) is 13.3 Å². The van der Waals surface area contributed by atoms with Gasteiger partial charge >= 0.3 is 8.80 Å². The molecule has 0 N–H and O–H groups in total. The van der Waals surface area contributed by atoms with E-state index < -0.39 is 8.80 Å². The SMILES string of the molecule is CCCCCCO[Si](OCCCCCC)(OCCCCCC)C1=CCCCCC1. The largest absolute Gasteiger partial charge is 0.532 e. The van der Waals surface area contributed by atoms with Crippen molar-refractivity contribution >= 4 is 8.80 Å². The van der Waals surface area contributed by atoms with Crippen molar-refractivity contribution in [3.05, 3.63) is 11.3 Å². The molecule has 0 bridgehead atoms. The van der Waals surface area contributed by atoms with Crippen molar-refractivity contribution in [2.24, 2.45) is 0 Å². The summed E-state index contributed by atoms with van der Waals surface area (Å²) in [6.45, 7) is 9.13. The van der Waals surface area contributed by atoms with Crippen LogP contribution in [-0.4, -0.2) is 28.6 Å². The van der Waals surface area contributed by atoms with Crippen molar-refractivity contribution in [2.45, 2.75) is 130 Å². The average molecular weight is 427 g/mol. The van der Waals surface area contributed by atoms with Crippen LogP contribution in [0.2, 0.25) is 0 Å². The average Bonchev–Trinajstić information content (AvgIpc) is 3.03. The Morgan fingerprint density at radius 1 is 0.621 bits per heavy atom. The van der Waals surface area contributed by atoms with Crippen molar-refractivity contribution in [3.8, 4) is 0 Å². The summed E-state index contributed by atoms with van der Waals surface area (Å²) in [4.78, 5) is 0. The first kappa shape index (κ1) is 26.9. The smallest absolute Gasteiger partial charge is 0.370 e. The van der Waals surface area contributed by atoms with E-state index in [1.165, 1.54) is 82.2 Å². The fraction of sp³-hybridized carbons (Fsp3) is 0.920. The molecule has 0 fully saturated rings. The predicted octanol–water partition coefficient (Wildman–Crippen LogP) is 8.15. The van der Waals surface area contributed by atoms with Crippen LogP contribution in [0.4, 0.5) is 0 Å². The van der Waals surface area contributed by atoms with Gasteiger partial charge in [0.2, 0.25) is 0 Å². The maximum Gasteiger partial charge on any atom is 0.532 e. The molecule has 0 spiro atoms. The molecule has 0 amide bonds. The summed E-state index contributed by atoms with van der Waals surface area (Å²) in [6.07, 6.45) is 23.3. The van der Waals surface area contributed by atoms with Gasteiger partial charge in [0.25, 0.3) is 0 Å². The molecule has 0 aromatic heterocycles. The van der Waals surface area contributed by atoms with Gasteiger partial charge in [-0.2, -0.15) is 0 Å². The maximum absolute atomic E-state index is 6.61. The predicted molar refractivity (Wildman–Crippen MR) is 127 cm³/mol. The van der Waals surface area contributed by atoms with Crippen LogP contribution in [0, 0.1) is 0 Å². The molecule has 1 aliphatic rings. The summed E-state index contributed by atoms with van der Waals surface area (Å²) in [7, 11) is -2.75. The molecule has 0 unspecified atom stereocenters. The van der Waals surface area contributed by atoms with Gasteiger partial charge in [-0.15, -0.1) is 0 Å². The molecule has 0 aromatic rings.